The number of rotatable bonds is 8. The molecular weight excluding hydrogens is 304 g/mol. The van der Waals surface area contributed by atoms with Crippen LogP contribution < -0.4 is 0 Å². The molecule has 0 radical (unpaired) electrons. The molecule has 1 unspecified atom stereocenters. The number of hydrogen-bond donors (Lipinski definition) is 1. The van der Waals surface area contributed by atoms with Crippen LogP contribution in [0.4, 0.5) is 0 Å². The second-order valence-corrected chi connectivity index (χ2v) is 7.85. The Balaban J connectivity index is 1.71. The fourth-order valence-electron chi connectivity index (χ4n) is 4.02. The average Bonchev–Trinajstić information content (AvgIpc) is 2.63. The number of hydrogen-bond acceptors (Lipinski definition) is 1. The van der Waals surface area contributed by atoms with Gasteiger partial charge in [-0.3, -0.25) is 0 Å². The number of aliphatic hydroxyl groups excluding tert-OH is 1. The van der Waals surface area contributed by atoms with Crippen molar-refractivity contribution in [1.82, 2.24) is 0 Å². The Morgan fingerprint density at radius 1 is 0.960 bits per heavy atom. The van der Waals surface area contributed by atoms with E-state index in [9.17, 15) is 5.11 Å². The number of benzene rings is 1. The van der Waals surface area contributed by atoms with Gasteiger partial charge in [0, 0.05) is 5.56 Å². The lowest BCUT2D eigenvalue weighted by Gasteiger charge is -2.29. The lowest BCUT2D eigenvalue weighted by molar-refractivity contribution is 0.161. The van der Waals surface area contributed by atoms with Gasteiger partial charge in [-0.15, -0.1) is 0 Å². The maximum atomic E-state index is 10.3. The maximum absolute atomic E-state index is 10.3. The van der Waals surface area contributed by atoms with Crippen LogP contribution >= 0.6 is 0 Å². The van der Waals surface area contributed by atoms with Crippen LogP contribution in [0.5, 0.6) is 0 Å². The van der Waals surface area contributed by atoms with Crippen LogP contribution in [0.1, 0.15) is 89.2 Å². The summed E-state index contributed by atoms with van der Waals surface area (Å²) in [4.78, 5) is 0. The summed E-state index contributed by atoms with van der Waals surface area (Å²) in [5, 5.41) is 10.3. The lowest BCUT2D eigenvalue weighted by Crippen LogP contribution is -2.19. The molecule has 2 rings (SSSR count). The third kappa shape index (κ3) is 7.66. The van der Waals surface area contributed by atoms with Crippen molar-refractivity contribution in [2.75, 3.05) is 0 Å². The molecule has 0 bridgehead atoms. The second kappa shape index (κ2) is 11.4. The van der Waals surface area contributed by atoms with Gasteiger partial charge in [0.05, 0.1) is 0 Å². The SMILES string of the molecule is CCCCCC1CCC(CC(O)C#Cc2ccc(CCC)cc2)CC1. The van der Waals surface area contributed by atoms with Gasteiger partial charge in [0.2, 0.25) is 0 Å². The van der Waals surface area contributed by atoms with Crippen molar-refractivity contribution in [3.63, 3.8) is 0 Å². The molecule has 0 heterocycles. The van der Waals surface area contributed by atoms with Crippen molar-refractivity contribution in [1.29, 1.82) is 0 Å². The van der Waals surface area contributed by atoms with E-state index in [4.69, 9.17) is 0 Å². The quantitative estimate of drug-likeness (QED) is 0.446. The molecule has 0 amide bonds. The molecule has 1 aliphatic carbocycles. The Morgan fingerprint density at radius 3 is 2.28 bits per heavy atom. The van der Waals surface area contributed by atoms with Gasteiger partial charge in [-0.25, -0.2) is 0 Å². The Bertz CT molecular complexity index is 525. The van der Waals surface area contributed by atoms with E-state index in [0.29, 0.717) is 5.92 Å². The molecule has 0 saturated heterocycles. The molecule has 1 heteroatoms. The summed E-state index contributed by atoms with van der Waals surface area (Å²) in [6, 6.07) is 8.46. The zero-order valence-electron chi connectivity index (χ0n) is 16.3. The zero-order valence-corrected chi connectivity index (χ0v) is 16.3. The van der Waals surface area contributed by atoms with E-state index >= 15 is 0 Å². The summed E-state index contributed by atoms with van der Waals surface area (Å²) in [7, 11) is 0. The number of aryl methyl sites for hydroxylation is 1. The Labute approximate surface area is 155 Å². The minimum atomic E-state index is -0.475. The van der Waals surface area contributed by atoms with Crippen molar-refractivity contribution >= 4 is 0 Å². The standard InChI is InChI=1S/C24H36O/c1-3-5-6-8-21-13-15-23(16-14-21)19-24(25)18-17-22-11-9-20(7-4-2)10-12-22/h9-12,21,23-25H,3-8,13-16,19H2,1-2H3. The van der Waals surface area contributed by atoms with E-state index in [1.807, 2.05) is 0 Å². The van der Waals surface area contributed by atoms with Crippen molar-refractivity contribution in [2.45, 2.75) is 90.6 Å². The van der Waals surface area contributed by atoms with E-state index in [0.717, 1.165) is 24.3 Å². The zero-order chi connectivity index (χ0) is 17.9. The lowest BCUT2D eigenvalue weighted by atomic mass is 9.78. The topological polar surface area (TPSA) is 20.2 Å². The summed E-state index contributed by atoms with van der Waals surface area (Å²) >= 11 is 0. The summed E-state index contributed by atoms with van der Waals surface area (Å²) in [6.07, 6.45) is 13.5. The van der Waals surface area contributed by atoms with Crippen LogP contribution in [-0.4, -0.2) is 11.2 Å². The van der Waals surface area contributed by atoms with Crippen molar-refractivity contribution < 1.29 is 5.11 Å². The molecule has 138 valence electrons. The number of unbranched alkanes of at least 4 members (excludes halogenated alkanes) is 2. The smallest absolute Gasteiger partial charge is 0.115 e. The first-order valence-corrected chi connectivity index (χ1v) is 10.5. The van der Waals surface area contributed by atoms with Crippen LogP contribution in [0.25, 0.3) is 0 Å². The predicted octanol–water partition coefficient (Wildman–Crippen LogP) is 6.13. The molecule has 25 heavy (non-hydrogen) atoms. The second-order valence-electron chi connectivity index (χ2n) is 7.85. The van der Waals surface area contributed by atoms with Crippen LogP contribution in [0, 0.1) is 23.7 Å². The van der Waals surface area contributed by atoms with Gasteiger partial charge >= 0.3 is 0 Å². The monoisotopic (exact) mass is 340 g/mol. The fourth-order valence-corrected chi connectivity index (χ4v) is 4.02. The van der Waals surface area contributed by atoms with Crippen LogP contribution in [0.15, 0.2) is 24.3 Å². The van der Waals surface area contributed by atoms with Gasteiger partial charge < -0.3 is 5.11 Å². The van der Waals surface area contributed by atoms with Crippen LogP contribution in [0.3, 0.4) is 0 Å². The van der Waals surface area contributed by atoms with Crippen molar-refractivity contribution in [3.8, 4) is 11.8 Å². The van der Waals surface area contributed by atoms with Crippen molar-refractivity contribution in [3.05, 3.63) is 35.4 Å². The van der Waals surface area contributed by atoms with E-state index in [-0.39, 0.29) is 0 Å². The third-order valence-corrected chi connectivity index (χ3v) is 5.61. The first kappa shape index (κ1) is 20.1. The Kier molecular flexibility index (Phi) is 9.12. The molecule has 1 aliphatic rings. The molecule has 0 aliphatic heterocycles. The highest BCUT2D eigenvalue weighted by Crippen LogP contribution is 2.34. The molecule has 0 aromatic heterocycles. The van der Waals surface area contributed by atoms with Crippen molar-refractivity contribution in [2.24, 2.45) is 11.8 Å². The largest absolute Gasteiger partial charge is 0.380 e. The van der Waals surface area contributed by atoms with Crippen LogP contribution in [-0.2, 0) is 6.42 Å². The van der Waals surface area contributed by atoms with Gasteiger partial charge in [0.25, 0.3) is 0 Å². The summed E-state index contributed by atoms with van der Waals surface area (Å²) in [5.74, 6) is 7.81. The third-order valence-electron chi connectivity index (χ3n) is 5.61. The molecular formula is C24H36O. The summed E-state index contributed by atoms with van der Waals surface area (Å²) < 4.78 is 0. The highest BCUT2D eigenvalue weighted by molar-refractivity contribution is 5.36. The molecule has 1 fully saturated rings. The highest BCUT2D eigenvalue weighted by atomic mass is 16.3. The molecule has 1 saturated carbocycles. The minimum absolute atomic E-state index is 0.475. The van der Waals surface area contributed by atoms with Gasteiger partial charge in [0.15, 0.2) is 0 Å². The highest BCUT2D eigenvalue weighted by Gasteiger charge is 2.22. The molecule has 1 aromatic rings. The minimum Gasteiger partial charge on any atom is -0.380 e. The molecule has 0 spiro atoms. The predicted molar refractivity (Wildman–Crippen MR) is 108 cm³/mol. The maximum Gasteiger partial charge on any atom is 0.115 e. The first-order chi connectivity index (χ1) is 12.2. The Morgan fingerprint density at radius 2 is 1.64 bits per heavy atom. The van der Waals surface area contributed by atoms with Gasteiger partial charge in [-0.05, 0) is 42.4 Å². The number of aliphatic hydroxyl groups is 1. The van der Waals surface area contributed by atoms with E-state index < -0.39 is 6.10 Å². The van der Waals surface area contributed by atoms with E-state index in [2.05, 4.69) is 50.0 Å². The van der Waals surface area contributed by atoms with Gasteiger partial charge in [-0.1, -0.05) is 95.6 Å². The van der Waals surface area contributed by atoms with Crippen LogP contribution in [0.2, 0.25) is 0 Å². The normalized spacial score (nSPS) is 21.4. The molecule has 1 atom stereocenters. The summed E-state index contributed by atoms with van der Waals surface area (Å²) in [6.45, 7) is 4.47. The fraction of sp³-hybridized carbons (Fsp3) is 0.667. The average molecular weight is 341 g/mol. The Hall–Kier alpha value is -1.26. The summed E-state index contributed by atoms with van der Waals surface area (Å²) in [5.41, 5.74) is 2.38. The van der Waals surface area contributed by atoms with E-state index in [1.54, 1.807) is 0 Å². The van der Waals surface area contributed by atoms with E-state index in [1.165, 1.54) is 63.4 Å². The molecule has 1 aromatic carbocycles. The first-order valence-electron chi connectivity index (χ1n) is 10.5. The van der Waals surface area contributed by atoms with Gasteiger partial charge in [0.1, 0.15) is 6.10 Å². The van der Waals surface area contributed by atoms with Gasteiger partial charge in [-0.2, -0.15) is 0 Å². The molecule has 1 N–H and O–H groups in total. The molecule has 1 nitrogen and oxygen atoms in total.